The van der Waals surface area contributed by atoms with E-state index in [0.717, 1.165) is 5.56 Å². The number of anilines is 1. The smallest absolute Gasteiger partial charge is 0.325 e. The predicted octanol–water partition coefficient (Wildman–Crippen LogP) is 5.70. The lowest BCUT2D eigenvalue weighted by molar-refractivity contribution is -0.172. The fraction of sp³-hybridized carbons (Fsp3) is 0.286. The van der Waals surface area contributed by atoms with Crippen LogP contribution in [0.15, 0.2) is 78.9 Å². The molecule has 0 unspecified atom stereocenters. The van der Waals surface area contributed by atoms with Gasteiger partial charge >= 0.3 is 11.9 Å². The topological polar surface area (TPSA) is 74.3 Å². The number of nitrogens with zero attached hydrogens (tertiary/aromatic N) is 1. The number of halogens is 1. The second-order valence-corrected chi connectivity index (χ2v) is 8.91. The van der Waals surface area contributed by atoms with Gasteiger partial charge in [0.25, 0.3) is 0 Å². The van der Waals surface area contributed by atoms with Gasteiger partial charge in [-0.3, -0.25) is 14.4 Å². The molecule has 1 aliphatic rings. The van der Waals surface area contributed by atoms with Gasteiger partial charge in [0.05, 0.1) is 27.0 Å². The van der Waals surface area contributed by atoms with Crippen LogP contribution in [-0.2, 0) is 23.9 Å². The fourth-order valence-electron chi connectivity index (χ4n) is 4.72. The summed E-state index contributed by atoms with van der Waals surface area (Å²) in [5, 5.41) is 2.15. The highest BCUT2D eigenvalue weighted by atomic mass is 35.5. The Morgan fingerprint density at radius 2 is 1.44 bits per heavy atom. The molecule has 0 saturated carbocycles. The van der Waals surface area contributed by atoms with Crippen molar-refractivity contribution < 1.29 is 28.6 Å². The van der Waals surface area contributed by atoms with Gasteiger partial charge in [0.15, 0.2) is 5.41 Å². The summed E-state index contributed by atoms with van der Waals surface area (Å²) in [7, 11) is 4.14. The number of ether oxygens (including phenoxy) is 3. The molecule has 8 heteroatoms. The van der Waals surface area contributed by atoms with Gasteiger partial charge < -0.3 is 14.2 Å². The van der Waals surface area contributed by atoms with Gasteiger partial charge in [-0.2, -0.15) is 0 Å². The minimum atomic E-state index is -1.71. The third-order valence-electron chi connectivity index (χ3n) is 6.53. The van der Waals surface area contributed by atoms with Crippen molar-refractivity contribution in [2.75, 3.05) is 26.4 Å². The van der Waals surface area contributed by atoms with Crippen molar-refractivity contribution in [2.24, 2.45) is 5.41 Å². The second kappa shape index (κ2) is 11.0. The zero-order chi connectivity index (χ0) is 25.7. The number of para-hydroxylation sites is 1. The first-order valence-electron chi connectivity index (χ1n) is 11.5. The Morgan fingerprint density at radius 3 is 2.00 bits per heavy atom. The van der Waals surface area contributed by atoms with Gasteiger partial charge in [0.1, 0.15) is 17.9 Å². The molecule has 1 aliphatic heterocycles. The minimum absolute atomic E-state index is 0.125. The molecule has 0 spiro atoms. The molecule has 1 saturated heterocycles. The monoisotopic (exact) mass is 509 g/mol. The van der Waals surface area contributed by atoms with Crippen LogP contribution in [0.3, 0.4) is 0 Å². The molecule has 1 heterocycles. The van der Waals surface area contributed by atoms with Crippen molar-refractivity contribution in [2.45, 2.75) is 25.0 Å². The van der Waals surface area contributed by atoms with E-state index in [1.807, 2.05) is 54.6 Å². The highest BCUT2D eigenvalue weighted by Gasteiger charge is 2.59. The standard InChI is InChI=1S/C28H28ClNO6/c1-33-23-15-11-19(12-16-23)24-17-18-28(26(31)34-2,27(32)35-3)25(20-9-13-21(29)14-10-20)30(36-24)22-7-5-4-6-8-22/h4-16,24-25H,17-18H2,1-3H3/t24-,25-/m1/s1. The summed E-state index contributed by atoms with van der Waals surface area (Å²) in [6, 6.07) is 22.9. The summed E-state index contributed by atoms with van der Waals surface area (Å²) in [6.45, 7) is 0. The molecule has 0 bridgehead atoms. The molecule has 0 amide bonds. The van der Waals surface area contributed by atoms with Crippen LogP contribution in [0.25, 0.3) is 0 Å². The summed E-state index contributed by atoms with van der Waals surface area (Å²) >= 11 is 6.18. The molecule has 2 atom stereocenters. The van der Waals surface area contributed by atoms with Gasteiger partial charge in [-0.1, -0.05) is 54.1 Å². The van der Waals surface area contributed by atoms with E-state index in [2.05, 4.69) is 0 Å². The quantitative estimate of drug-likeness (QED) is 0.312. The van der Waals surface area contributed by atoms with E-state index >= 15 is 0 Å². The van der Waals surface area contributed by atoms with E-state index in [4.69, 9.17) is 30.6 Å². The van der Waals surface area contributed by atoms with Gasteiger partial charge in [0.2, 0.25) is 0 Å². The number of esters is 2. The van der Waals surface area contributed by atoms with E-state index in [0.29, 0.717) is 28.4 Å². The first-order valence-corrected chi connectivity index (χ1v) is 11.9. The van der Waals surface area contributed by atoms with Crippen LogP contribution in [0.4, 0.5) is 5.69 Å². The van der Waals surface area contributed by atoms with Gasteiger partial charge in [-0.25, -0.2) is 5.06 Å². The van der Waals surface area contributed by atoms with E-state index in [1.54, 1.807) is 36.4 Å². The van der Waals surface area contributed by atoms with Gasteiger partial charge in [-0.05, 0) is 60.4 Å². The molecule has 3 aromatic carbocycles. The lowest BCUT2D eigenvalue weighted by Gasteiger charge is -2.40. The highest BCUT2D eigenvalue weighted by molar-refractivity contribution is 6.30. The van der Waals surface area contributed by atoms with E-state index < -0.39 is 29.5 Å². The fourth-order valence-corrected chi connectivity index (χ4v) is 4.84. The molecule has 0 N–H and O–H groups in total. The maximum atomic E-state index is 13.5. The van der Waals surface area contributed by atoms with Crippen LogP contribution in [0, 0.1) is 5.41 Å². The average Bonchev–Trinajstić information content (AvgIpc) is 3.11. The molecule has 0 aliphatic carbocycles. The highest BCUT2D eigenvalue weighted by Crippen LogP contribution is 2.51. The van der Waals surface area contributed by atoms with Crippen molar-refractivity contribution in [1.82, 2.24) is 0 Å². The molecule has 7 nitrogen and oxygen atoms in total. The number of methoxy groups -OCH3 is 3. The third-order valence-corrected chi connectivity index (χ3v) is 6.78. The summed E-state index contributed by atoms with van der Waals surface area (Å²) in [4.78, 5) is 33.7. The normalized spacial score (nSPS) is 19.2. The Hall–Kier alpha value is -3.55. The largest absolute Gasteiger partial charge is 0.497 e. The minimum Gasteiger partial charge on any atom is -0.497 e. The van der Waals surface area contributed by atoms with Crippen LogP contribution in [0.5, 0.6) is 5.75 Å². The summed E-state index contributed by atoms with van der Waals surface area (Å²) < 4.78 is 15.8. The van der Waals surface area contributed by atoms with Crippen LogP contribution in [0.2, 0.25) is 5.02 Å². The Labute approximate surface area is 215 Å². The number of carbonyl (C=O) groups is 2. The van der Waals surface area contributed by atoms with E-state index in [1.165, 1.54) is 14.2 Å². The van der Waals surface area contributed by atoms with Gasteiger partial charge in [-0.15, -0.1) is 0 Å². The summed E-state index contributed by atoms with van der Waals surface area (Å²) in [5.74, 6) is -0.687. The Balaban J connectivity index is 1.95. The number of hydrogen-bond acceptors (Lipinski definition) is 7. The predicted molar refractivity (Wildman–Crippen MR) is 136 cm³/mol. The van der Waals surface area contributed by atoms with Crippen molar-refractivity contribution in [3.05, 3.63) is 95.0 Å². The number of carbonyl (C=O) groups excluding carboxylic acids is 2. The lowest BCUT2D eigenvalue weighted by Crippen LogP contribution is -2.51. The molecule has 36 heavy (non-hydrogen) atoms. The molecule has 0 radical (unpaired) electrons. The Morgan fingerprint density at radius 1 is 0.861 bits per heavy atom. The first kappa shape index (κ1) is 25.5. The number of hydrogen-bond donors (Lipinski definition) is 0. The molecule has 3 aromatic rings. The Kier molecular flexibility index (Phi) is 7.82. The molecular weight excluding hydrogens is 482 g/mol. The average molecular weight is 510 g/mol. The van der Waals surface area contributed by atoms with Crippen LogP contribution >= 0.6 is 11.6 Å². The summed E-state index contributed by atoms with van der Waals surface area (Å²) in [5.41, 5.74) is 0.468. The van der Waals surface area contributed by atoms with Crippen molar-refractivity contribution in [1.29, 1.82) is 0 Å². The van der Waals surface area contributed by atoms with Crippen molar-refractivity contribution >= 4 is 29.2 Å². The molecule has 188 valence electrons. The lowest BCUT2D eigenvalue weighted by atomic mass is 9.72. The SMILES string of the molecule is COC(=O)C1(C(=O)OC)CC[C@H](c2ccc(OC)cc2)ON(c2ccccc2)[C@@H]1c1ccc(Cl)cc1. The zero-order valence-electron chi connectivity index (χ0n) is 20.3. The molecule has 1 fully saturated rings. The number of hydroxylamine groups is 1. The van der Waals surface area contributed by atoms with E-state index in [-0.39, 0.29) is 6.42 Å². The first-order chi connectivity index (χ1) is 17.4. The third kappa shape index (κ3) is 4.76. The van der Waals surface area contributed by atoms with E-state index in [9.17, 15) is 9.59 Å². The van der Waals surface area contributed by atoms with Crippen molar-refractivity contribution in [3.63, 3.8) is 0 Å². The van der Waals surface area contributed by atoms with Crippen LogP contribution in [-0.4, -0.2) is 33.3 Å². The molecule has 4 rings (SSSR count). The summed E-state index contributed by atoms with van der Waals surface area (Å²) in [6.07, 6.45) is 0.00554. The zero-order valence-corrected chi connectivity index (χ0v) is 21.1. The van der Waals surface area contributed by atoms with Crippen LogP contribution in [0.1, 0.15) is 36.1 Å². The Bertz CT molecular complexity index is 1170. The molecule has 0 aromatic heterocycles. The maximum Gasteiger partial charge on any atom is 0.325 e. The maximum absolute atomic E-state index is 13.5. The van der Waals surface area contributed by atoms with Crippen molar-refractivity contribution in [3.8, 4) is 5.75 Å². The van der Waals surface area contributed by atoms with Gasteiger partial charge in [0, 0.05) is 5.02 Å². The number of rotatable bonds is 6. The van der Waals surface area contributed by atoms with Crippen LogP contribution < -0.4 is 9.80 Å². The molecular formula is C28H28ClNO6. The number of benzene rings is 3. The second-order valence-electron chi connectivity index (χ2n) is 8.48.